The molecule has 5 rings (SSSR count). The lowest BCUT2D eigenvalue weighted by Crippen LogP contribution is -2.52. The molecule has 2 bridgehead atoms. The summed E-state index contributed by atoms with van der Waals surface area (Å²) in [5, 5.41) is 2.92. The Bertz CT molecular complexity index is 1060. The first-order chi connectivity index (χ1) is 13.7. The Morgan fingerprint density at radius 2 is 2.00 bits per heavy atom. The second kappa shape index (κ2) is 5.71. The highest BCUT2D eigenvalue weighted by molar-refractivity contribution is 6.00. The molecule has 2 saturated carbocycles. The number of fused-ring (bicyclic) bond motifs is 4. The third-order valence-corrected chi connectivity index (χ3v) is 8.32. The Kier molecular flexibility index (Phi) is 3.62. The van der Waals surface area contributed by atoms with Crippen molar-refractivity contribution < 1.29 is 14.3 Å². The van der Waals surface area contributed by atoms with E-state index in [2.05, 4.69) is 25.3 Å². The van der Waals surface area contributed by atoms with Gasteiger partial charge < -0.3 is 4.74 Å². The molecule has 3 aliphatic rings. The molecule has 2 atom stereocenters. The average molecular weight is 393 g/mol. The van der Waals surface area contributed by atoms with E-state index in [1.165, 1.54) is 0 Å². The van der Waals surface area contributed by atoms with Crippen molar-refractivity contribution in [2.75, 3.05) is 18.7 Å². The molecule has 29 heavy (non-hydrogen) atoms. The largest absolute Gasteiger partial charge is 0.497 e. The molecule has 6 heteroatoms. The number of Topliss-reactive ketones (excluding diaryl/α,β-unsaturated/α-hetero) is 1. The van der Waals surface area contributed by atoms with Crippen LogP contribution >= 0.6 is 0 Å². The SMILES string of the molecule is COc1ccc2cc3c(nc2c1)N(NC(=O)[C@]12CC[C@@](C)(C(=O)C1)C2(C)C)CC3. The average Bonchev–Trinajstić information content (AvgIpc) is 3.22. The number of nitrogens with zero attached hydrogens (tertiary/aromatic N) is 2. The molecular formula is C23H27N3O3. The predicted molar refractivity (Wildman–Crippen MR) is 111 cm³/mol. The summed E-state index contributed by atoms with van der Waals surface area (Å²) in [7, 11) is 1.64. The van der Waals surface area contributed by atoms with Crippen molar-refractivity contribution in [1.29, 1.82) is 0 Å². The zero-order chi connectivity index (χ0) is 20.6. The minimum atomic E-state index is -0.637. The molecule has 0 saturated heterocycles. The summed E-state index contributed by atoms with van der Waals surface area (Å²) < 4.78 is 5.32. The minimum absolute atomic E-state index is 0.0440. The fourth-order valence-corrected chi connectivity index (χ4v) is 5.76. The van der Waals surface area contributed by atoms with E-state index in [-0.39, 0.29) is 17.1 Å². The molecule has 2 aliphatic carbocycles. The van der Waals surface area contributed by atoms with Crippen LogP contribution in [-0.2, 0) is 16.0 Å². The van der Waals surface area contributed by atoms with Crippen LogP contribution in [0, 0.1) is 16.2 Å². The fraction of sp³-hybridized carbons (Fsp3) is 0.522. The van der Waals surface area contributed by atoms with Gasteiger partial charge in [0.05, 0.1) is 18.0 Å². The molecule has 152 valence electrons. The molecular weight excluding hydrogens is 366 g/mol. The number of anilines is 1. The van der Waals surface area contributed by atoms with Crippen LogP contribution in [0.3, 0.4) is 0 Å². The predicted octanol–water partition coefficient (Wildman–Crippen LogP) is 3.42. The van der Waals surface area contributed by atoms with Crippen molar-refractivity contribution in [3.63, 3.8) is 0 Å². The number of amides is 1. The number of hydrazine groups is 1. The van der Waals surface area contributed by atoms with Crippen molar-refractivity contribution in [2.45, 2.75) is 46.5 Å². The van der Waals surface area contributed by atoms with Crippen molar-refractivity contribution in [1.82, 2.24) is 10.4 Å². The molecule has 2 heterocycles. The number of nitrogens with one attached hydrogen (secondary N) is 1. The van der Waals surface area contributed by atoms with Crippen LogP contribution < -0.4 is 15.2 Å². The van der Waals surface area contributed by atoms with Gasteiger partial charge in [-0.3, -0.25) is 20.0 Å². The Morgan fingerprint density at radius 1 is 1.21 bits per heavy atom. The van der Waals surface area contributed by atoms with Crippen molar-refractivity contribution in [3.8, 4) is 5.75 Å². The van der Waals surface area contributed by atoms with E-state index in [1.54, 1.807) is 7.11 Å². The second-order valence-electron chi connectivity index (χ2n) is 9.51. The standard InChI is InChI=1S/C23H27N3O3/c1-21(2)22(3)8-9-23(21,13-18(22)27)20(28)25-26-10-7-15-11-14-5-6-16(29-4)12-17(14)24-19(15)26/h5-6,11-12H,7-10,13H2,1-4H3,(H,25,28)/t22-,23-/m0/s1. The van der Waals surface area contributed by atoms with E-state index in [9.17, 15) is 9.59 Å². The summed E-state index contributed by atoms with van der Waals surface area (Å²) >= 11 is 0. The molecule has 0 unspecified atom stereocenters. The summed E-state index contributed by atoms with van der Waals surface area (Å²) in [4.78, 5) is 31.0. The second-order valence-corrected chi connectivity index (χ2v) is 9.51. The Morgan fingerprint density at radius 3 is 2.66 bits per heavy atom. The lowest BCUT2D eigenvalue weighted by atomic mass is 9.64. The lowest BCUT2D eigenvalue weighted by Gasteiger charge is -2.39. The van der Waals surface area contributed by atoms with Gasteiger partial charge in [-0.2, -0.15) is 0 Å². The Balaban J connectivity index is 1.47. The van der Waals surface area contributed by atoms with Crippen molar-refractivity contribution in [2.24, 2.45) is 16.2 Å². The fourth-order valence-electron chi connectivity index (χ4n) is 5.76. The van der Waals surface area contributed by atoms with E-state index in [1.807, 2.05) is 30.1 Å². The molecule has 1 aliphatic heterocycles. The molecule has 1 N–H and O–H groups in total. The molecule has 2 aromatic rings. The van der Waals surface area contributed by atoms with Crippen LogP contribution in [0.15, 0.2) is 24.3 Å². The van der Waals surface area contributed by atoms with E-state index >= 15 is 0 Å². The number of carbonyl (C=O) groups is 2. The third kappa shape index (κ3) is 2.20. The highest BCUT2D eigenvalue weighted by Gasteiger charge is 2.72. The van der Waals surface area contributed by atoms with Crippen LogP contribution in [0.2, 0.25) is 0 Å². The molecule has 1 aromatic heterocycles. The maximum Gasteiger partial charge on any atom is 0.245 e. The van der Waals surface area contributed by atoms with Gasteiger partial charge in [0.2, 0.25) is 5.91 Å². The van der Waals surface area contributed by atoms with Crippen LogP contribution in [0.4, 0.5) is 5.82 Å². The van der Waals surface area contributed by atoms with E-state index < -0.39 is 10.8 Å². The van der Waals surface area contributed by atoms with E-state index in [0.717, 1.165) is 47.3 Å². The zero-order valence-corrected chi connectivity index (χ0v) is 17.5. The molecule has 6 nitrogen and oxygen atoms in total. The van der Waals surface area contributed by atoms with Crippen LogP contribution in [0.25, 0.3) is 10.9 Å². The number of hydrogen-bond donors (Lipinski definition) is 1. The van der Waals surface area contributed by atoms with Crippen LogP contribution in [-0.4, -0.2) is 30.3 Å². The number of hydrogen-bond acceptors (Lipinski definition) is 5. The monoisotopic (exact) mass is 393 g/mol. The Hall–Kier alpha value is -2.63. The first-order valence-corrected chi connectivity index (χ1v) is 10.3. The normalized spacial score (nSPS) is 29.4. The number of carbonyl (C=O) groups excluding carboxylic acids is 2. The van der Waals surface area contributed by atoms with Gasteiger partial charge in [-0.15, -0.1) is 0 Å². The smallest absolute Gasteiger partial charge is 0.245 e. The maximum absolute atomic E-state index is 13.5. The number of methoxy groups -OCH3 is 1. The van der Waals surface area contributed by atoms with E-state index in [0.29, 0.717) is 13.0 Å². The Labute approximate surface area is 170 Å². The van der Waals surface area contributed by atoms with E-state index in [4.69, 9.17) is 9.72 Å². The first kappa shape index (κ1) is 18.4. The molecule has 0 radical (unpaired) electrons. The molecule has 0 spiro atoms. The number of pyridine rings is 1. The number of rotatable bonds is 3. The topological polar surface area (TPSA) is 71.5 Å². The quantitative estimate of drug-likeness (QED) is 0.865. The minimum Gasteiger partial charge on any atom is -0.497 e. The molecule has 2 fully saturated rings. The van der Waals surface area contributed by atoms with Crippen molar-refractivity contribution in [3.05, 3.63) is 29.8 Å². The molecule has 1 aromatic carbocycles. The number of benzene rings is 1. The zero-order valence-electron chi connectivity index (χ0n) is 17.5. The summed E-state index contributed by atoms with van der Waals surface area (Å²) in [6.07, 6.45) is 2.71. The van der Waals surface area contributed by atoms with Gasteiger partial charge in [-0.25, -0.2) is 4.98 Å². The highest BCUT2D eigenvalue weighted by Crippen LogP contribution is 2.70. The highest BCUT2D eigenvalue weighted by atomic mass is 16.5. The van der Waals surface area contributed by atoms with Crippen molar-refractivity contribution >= 4 is 28.4 Å². The summed E-state index contributed by atoms with van der Waals surface area (Å²) in [5.41, 5.74) is 3.70. The lowest BCUT2D eigenvalue weighted by molar-refractivity contribution is -0.136. The number of ether oxygens (including phenoxy) is 1. The van der Waals surface area contributed by atoms with Gasteiger partial charge in [0, 0.05) is 29.8 Å². The first-order valence-electron chi connectivity index (χ1n) is 10.3. The van der Waals surface area contributed by atoms with Gasteiger partial charge >= 0.3 is 0 Å². The van der Waals surface area contributed by atoms with Gasteiger partial charge in [-0.1, -0.05) is 20.8 Å². The number of aromatic nitrogens is 1. The third-order valence-electron chi connectivity index (χ3n) is 8.32. The van der Waals surface area contributed by atoms with Gasteiger partial charge in [0.25, 0.3) is 0 Å². The van der Waals surface area contributed by atoms with Gasteiger partial charge in [-0.05, 0) is 48.4 Å². The molecule has 1 amide bonds. The summed E-state index contributed by atoms with van der Waals surface area (Å²) in [5.74, 6) is 1.73. The van der Waals surface area contributed by atoms with Gasteiger partial charge in [0.1, 0.15) is 11.5 Å². The summed E-state index contributed by atoms with van der Waals surface area (Å²) in [6, 6.07) is 7.99. The summed E-state index contributed by atoms with van der Waals surface area (Å²) in [6.45, 7) is 6.88. The van der Waals surface area contributed by atoms with Gasteiger partial charge in [0.15, 0.2) is 5.82 Å². The maximum atomic E-state index is 13.5. The van der Waals surface area contributed by atoms with Crippen LogP contribution in [0.1, 0.15) is 45.6 Å². The number of ketones is 1. The van der Waals surface area contributed by atoms with Crippen LogP contribution in [0.5, 0.6) is 5.75 Å².